The monoisotopic (exact) mass is 458 g/mol. The van der Waals surface area contributed by atoms with E-state index < -0.39 is 25.1 Å². The lowest BCUT2D eigenvalue weighted by Crippen LogP contribution is -2.29. The molecule has 1 atom stereocenters. The number of anilines is 2. The summed E-state index contributed by atoms with van der Waals surface area (Å²) in [6.45, 7) is 3.55. The normalized spacial score (nSPS) is 12.5. The zero-order valence-corrected chi connectivity index (χ0v) is 18.1. The summed E-state index contributed by atoms with van der Waals surface area (Å²) in [7, 11) is -4.61. The van der Waals surface area contributed by atoms with Gasteiger partial charge in [0, 0.05) is 16.9 Å². The molecule has 0 aliphatic heterocycles. The third-order valence-corrected chi connectivity index (χ3v) is 5.97. The fourth-order valence-electron chi connectivity index (χ4n) is 2.58. The van der Waals surface area contributed by atoms with Gasteiger partial charge in [-0.15, -0.1) is 0 Å². The van der Waals surface area contributed by atoms with Crippen molar-refractivity contribution in [3.63, 3.8) is 0 Å². The van der Waals surface area contributed by atoms with E-state index in [1.165, 1.54) is 24.3 Å². The third-order valence-electron chi connectivity index (χ3n) is 3.97. The predicted octanol–water partition coefficient (Wildman–Crippen LogP) is 4.78. The van der Waals surface area contributed by atoms with Gasteiger partial charge in [0.15, 0.2) is 0 Å². The van der Waals surface area contributed by atoms with Gasteiger partial charge in [-0.1, -0.05) is 43.1 Å². The molecule has 156 valence electrons. The van der Waals surface area contributed by atoms with Gasteiger partial charge >= 0.3 is 7.60 Å². The molecule has 2 amide bonds. The van der Waals surface area contributed by atoms with E-state index in [1.54, 1.807) is 32.0 Å². The Hall–Kier alpha value is -1.89. The quantitative estimate of drug-likeness (QED) is 0.445. The molecule has 2 aromatic carbocycles. The number of carbonyl (C=O) groups is 2. The Balaban J connectivity index is 2.14. The largest absolute Gasteiger partial charge is 0.337 e. The molecule has 29 heavy (non-hydrogen) atoms. The van der Waals surface area contributed by atoms with Gasteiger partial charge in [-0.2, -0.15) is 0 Å². The van der Waals surface area contributed by atoms with Gasteiger partial charge in [-0.25, -0.2) is 0 Å². The summed E-state index contributed by atoms with van der Waals surface area (Å²) < 4.78 is 11.7. The molecular formula is C19H21Cl2N2O5P. The highest BCUT2D eigenvalue weighted by atomic mass is 35.5. The summed E-state index contributed by atoms with van der Waals surface area (Å²) in [5, 5.41) is 5.74. The number of hydrogen-bond acceptors (Lipinski definition) is 3. The lowest BCUT2D eigenvalue weighted by atomic mass is 10.1. The minimum Gasteiger partial charge on any atom is -0.325 e. The molecule has 0 aliphatic rings. The number of halogens is 2. The number of rotatable bonds is 7. The number of carbonyl (C=O) groups excluding carboxylic acids is 2. The smallest absolute Gasteiger partial charge is 0.325 e. The maximum Gasteiger partial charge on any atom is 0.337 e. The fraction of sp³-hybridized carbons (Fsp3) is 0.263. The van der Waals surface area contributed by atoms with Crippen molar-refractivity contribution in [1.29, 1.82) is 0 Å². The summed E-state index contributed by atoms with van der Waals surface area (Å²) in [6, 6.07) is 10.7. The van der Waals surface area contributed by atoms with Gasteiger partial charge in [0.1, 0.15) is 5.66 Å². The molecule has 0 bridgehead atoms. The van der Waals surface area contributed by atoms with Crippen LogP contribution in [0.1, 0.15) is 30.6 Å². The van der Waals surface area contributed by atoms with Crippen LogP contribution in [-0.4, -0.2) is 27.3 Å². The van der Waals surface area contributed by atoms with Crippen LogP contribution in [0.15, 0.2) is 42.5 Å². The highest BCUT2D eigenvalue weighted by Gasteiger charge is 2.36. The summed E-state index contributed by atoms with van der Waals surface area (Å²) in [5.74, 6) is -1.28. The van der Waals surface area contributed by atoms with Crippen LogP contribution < -0.4 is 10.6 Å². The first-order valence-electron chi connectivity index (χ1n) is 8.70. The van der Waals surface area contributed by atoms with E-state index in [0.29, 0.717) is 22.0 Å². The standard InChI is InChI=1S/C19H21Cl2N2O5P/c1-11(2)8-17(29(26,27)28)19(25)23-14-5-3-4-13(10-14)22-18(24)12-6-7-15(20)16(21)9-12/h3-7,9-11,17H,8H2,1-2H3,(H,22,24)(H,23,25)(H2,26,27,28). The molecule has 0 aromatic heterocycles. The van der Waals surface area contributed by atoms with E-state index in [4.69, 9.17) is 23.2 Å². The average molecular weight is 459 g/mol. The van der Waals surface area contributed by atoms with Gasteiger partial charge in [0.25, 0.3) is 5.91 Å². The van der Waals surface area contributed by atoms with Gasteiger partial charge in [0.2, 0.25) is 5.91 Å². The number of amides is 2. The van der Waals surface area contributed by atoms with Crippen molar-refractivity contribution >= 4 is 54.0 Å². The van der Waals surface area contributed by atoms with Gasteiger partial charge in [0.05, 0.1) is 10.0 Å². The molecule has 0 saturated carbocycles. The molecule has 2 rings (SSSR count). The summed E-state index contributed by atoms with van der Waals surface area (Å²) in [4.78, 5) is 43.7. The Labute approximate surface area is 178 Å². The Kier molecular flexibility index (Phi) is 7.86. The van der Waals surface area contributed by atoms with Crippen LogP contribution in [0.2, 0.25) is 10.0 Å². The van der Waals surface area contributed by atoms with Crippen molar-refractivity contribution in [2.24, 2.45) is 5.92 Å². The molecule has 0 saturated heterocycles. The van der Waals surface area contributed by atoms with Crippen LogP contribution in [0, 0.1) is 5.92 Å². The van der Waals surface area contributed by atoms with Crippen LogP contribution in [0.3, 0.4) is 0 Å². The Bertz CT molecular complexity index is 961. The molecular weight excluding hydrogens is 438 g/mol. The second-order valence-electron chi connectivity index (χ2n) is 6.89. The van der Waals surface area contributed by atoms with Gasteiger partial charge in [-0.05, 0) is 48.7 Å². The molecule has 0 aliphatic carbocycles. The first kappa shape index (κ1) is 23.4. The van der Waals surface area contributed by atoms with Crippen LogP contribution in [0.5, 0.6) is 0 Å². The summed E-state index contributed by atoms with van der Waals surface area (Å²) >= 11 is 11.8. The minimum absolute atomic E-state index is 0.0455. The molecule has 4 N–H and O–H groups in total. The lowest BCUT2D eigenvalue weighted by Gasteiger charge is -2.20. The Morgan fingerprint density at radius 1 is 1.00 bits per heavy atom. The van der Waals surface area contributed by atoms with E-state index in [-0.39, 0.29) is 17.4 Å². The van der Waals surface area contributed by atoms with Crippen molar-refractivity contribution < 1.29 is 23.9 Å². The molecule has 10 heteroatoms. The fourth-order valence-corrected chi connectivity index (χ4v) is 3.95. The van der Waals surface area contributed by atoms with Crippen LogP contribution in [-0.2, 0) is 9.36 Å². The van der Waals surface area contributed by atoms with Crippen LogP contribution in [0.4, 0.5) is 11.4 Å². The first-order chi connectivity index (χ1) is 13.5. The van der Waals surface area contributed by atoms with Crippen LogP contribution in [0.25, 0.3) is 0 Å². The minimum atomic E-state index is -4.61. The first-order valence-corrected chi connectivity index (χ1v) is 11.1. The van der Waals surface area contributed by atoms with E-state index in [9.17, 15) is 23.9 Å². The summed E-state index contributed by atoms with van der Waals surface area (Å²) in [6.07, 6.45) is 0.0455. The molecule has 7 nitrogen and oxygen atoms in total. The zero-order valence-electron chi connectivity index (χ0n) is 15.7. The third kappa shape index (κ3) is 6.84. The molecule has 0 heterocycles. The molecule has 0 fully saturated rings. The highest BCUT2D eigenvalue weighted by molar-refractivity contribution is 7.53. The molecule has 2 aromatic rings. The van der Waals surface area contributed by atoms with Crippen molar-refractivity contribution in [3.8, 4) is 0 Å². The second-order valence-corrected chi connectivity index (χ2v) is 9.50. The molecule has 1 unspecified atom stereocenters. The van der Waals surface area contributed by atoms with Gasteiger partial charge < -0.3 is 20.4 Å². The zero-order chi connectivity index (χ0) is 21.8. The molecule has 0 spiro atoms. The van der Waals surface area contributed by atoms with Crippen molar-refractivity contribution in [3.05, 3.63) is 58.1 Å². The van der Waals surface area contributed by atoms with Crippen LogP contribution >= 0.6 is 30.8 Å². The van der Waals surface area contributed by atoms with E-state index in [1.807, 2.05) is 0 Å². The van der Waals surface area contributed by atoms with Gasteiger partial charge in [-0.3, -0.25) is 14.2 Å². The molecule has 0 radical (unpaired) electrons. The Morgan fingerprint density at radius 3 is 2.17 bits per heavy atom. The maximum absolute atomic E-state index is 12.4. The average Bonchev–Trinajstić information content (AvgIpc) is 2.61. The van der Waals surface area contributed by atoms with Crippen molar-refractivity contribution in [2.45, 2.75) is 25.9 Å². The second kappa shape index (κ2) is 9.74. The maximum atomic E-state index is 12.4. The topological polar surface area (TPSA) is 116 Å². The summed E-state index contributed by atoms with van der Waals surface area (Å²) in [5.41, 5.74) is -0.469. The van der Waals surface area contributed by atoms with E-state index in [0.717, 1.165) is 0 Å². The highest BCUT2D eigenvalue weighted by Crippen LogP contribution is 2.44. The number of hydrogen-bond donors (Lipinski definition) is 4. The van der Waals surface area contributed by atoms with E-state index >= 15 is 0 Å². The predicted molar refractivity (Wildman–Crippen MR) is 115 cm³/mol. The van der Waals surface area contributed by atoms with E-state index in [2.05, 4.69) is 10.6 Å². The Morgan fingerprint density at radius 2 is 1.62 bits per heavy atom. The number of benzene rings is 2. The van der Waals surface area contributed by atoms with Crippen molar-refractivity contribution in [1.82, 2.24) is 0 Å². The number of nitrogens with one attached hydrogen (secondary N) is 2. The SMILES string of the molecule is CC(C)CC(C(=O)Nc1cccc(NC(=O)c2ccc(Cl)c(Cl)c2)c1)P(=O)(O)O. The van der Waals surface area contributed by atoms with Crippen molar-refractivity contribution in [2.75, 3.05) is 10.6 Å². The lowest BCUT2D eigenvalue weighted by molar-refractivity contribution is -0.116.